The minimum Gasteiger partial charge on any atom is -0.321 e. The van der Waals surface area contributed by atoms with E-state index in [9.17, 15) is 13.2 Å². The van der Waals surface area contributed by atoms with Crippen LogP contribution in [-0.4, -0.2) is 20.4 Å². The summed E-state index contributed by atoms with van der Waals surface area (Å²) in [5, 5.41) is 4.02. The van der Waals surface area contributed by atoms with E-state index in [4.69, 9.17) is 11.6 Å². The fourth-order valence-electron chi connectivity index (χ4n) is 2.48. The van der Waals surface area contributed by atoms with Crippen LogP contribution < -0.4 is 10.0 Å². The summed E-state index contributed by atoms with van der Waals surface area (Å²) in [5.41, 5.74) is 0.496. The lowest BCUT2D eigenvalue weighted by atomic mass is 10.2. The van der Waals surface area contributed by atoms with Crippen LogP contribution in [0.15, 0.2) is 53.4 Å². The predicted molar refractivity (Wildman–Crippen MR) is 111 cm³/mol. The Kier molecular flexibility index (Phi) is 5.86. The molecule has 2 N–H and O–H groups in total. The SMILES string of the molecule is CC[C@H](C)NS(=O)(=O)c1ccc(NC(=O)c2sc3ccccc3c2Cl)cc1. The van der Waals surface area contributed by atoms with Crippen LogP contribution in [0.3, 0.4) is 0 Å². The van der Waals surface area contributed by atoms with E-state index >= 15 is 0 Å². The number of rotatable bonds is 6. The zero-order valence-corrected chi connectivity index (χ0v) is 17.2. The lowest BCUT2D eigenvalue weighted by molar-refractivity contribution is 0.103. The standard InChI is InChI=1S/C19H19ClN2O3S2/c1-3-12(2)22-27(24,25)14-10-8-13(9-11-14)21-19(23)18-17(20)15-6-4-5-7-16(15)26-18/h4-12,22H,3H2,1-2H3,(H,21,23)/t12-/m0/s1. The van der Waals surface area contributed by atoms with Crippen molar-refractivity contribution < 1.29 is 13.2 Å². The molecule has 0 aliphatic rings. The van der Waals surface area contributed by atoms with Gasteiger partial charge in [0, 0.05) is 21.8 Å². The van der Waals surface area contributed by atoms with Crippen molar-refractivity contribution in [2.75, 3.05) is 5.32 Å². The Morgan fingerprint density at radius 1 is 1.15 bits per heavy atom. The van der Waals surface area contributed by atoms with Crippen LogP contribution in [-0.2, 0) is 10.0 Å². The molecule has 0 aliphatic carbocycles. The van der Waals surface area contributed by atoms with E-state index in [-0.39, 0.29) is 16.8 Å². The maximum Gasteiger partial charge on any atom is 0.267 e. The van der Waals surface area contributed by atoms with Crippen LogP contribution in [0, 0.1) is 0 Å². The van der Waals surface area contributed by atoms with Crippen molar-refractivity contribution in [1.82, 2.24) is 4.72 Å². The van der Waals surface area contributed by atoms with Gasteiger partial charge in [-0.3, -0.25) is 4.79 Å². The molecule has 0 saturated carbocycles. The Morgan fingerprint density at radius 3 is 2.44 bits per heavy atom. The van der Waals surface area contributed by atoms with Crippen LogP contribution in [0.25, 0.3) is 10.1 Å². The zero-order valence-electron chi connectivity index (χ0n) is 14.8. The second-order valence-corrected chi connectivity index (χ2v) is 9.29. The Bertz CT molecular complexity index is 1080. The van der Waals surface area contributed by atoms with Crippen molar-refractivity contribution in [3.05, 3.63) is 58.4 Å². The Balaban J connectivity index is 1.78. The third-order valence-electron chi connectivity index (χ3n) is 4.13. The normalized spacial score (nSPS) is 12.9. The lowest BCUT2D eigenvalue weighted by Gasteiger charge is -2.12. The molecule has 142 valence electrons. The van der Waals surface area contributed by atoms with Crippen molar-refractivity contribution in [3.8, 4) is 0 Å². The molecule has 27 heavy (non-hydrogen) atoms. The number of hydrogen-bond donors (Lipinski definition) is 2. The summed E-state index contributed by atoms with van der Waals surface area (Å²) < 4.78 is 28.1. The van der Waals surface area contributed by atoms with Crippen LogP contribution >= 0.6 is 22.9 Å². The van der Waals surface area contributed by atoms with Crippen LogP contribution in [0.5, 0.6) is 0 Å². The molecular formula is C19H19ClN2O3S2. The number of hydrogen-bond acceptors (Lipinski definition) is 4. The van der Waals surface area contributed by atoms with Crippen molar-refractivity contribution in [1.29, 1.82) is 0 Å². The summed E-state index contributed by atoms with van der Waals surface area (Å²) in [7, 11) is -3.57. The highest BCUT2D eigenvalue weighted by Crippen LogP contribution is 2.35. The van der Waals surface area contributed by atoms with Crippen molar-refractivity contribution in [3.63, 3.8) is 0 Å². The molecule has 1 heterocycles. The van der Waals surface area contributed by atoms with E-state index in [1.165, 1.54) is 23.5 Å². The molecule has 5 nitrogen and oxygen atoms in total. The molecule has 8 heteroatoms. The highest BCUT2D eigenvalue weighted by Gasteiger charge is 2.19. The number of halogens is 1. The van der Waals surface area contributed by atoms with E-state index in [1.54, 1.807) is 19.1 Å². The molecule has 2 aromatic carbocycles. The van der Waals surface area contributed by atoms with E-state index in [1.807, 2.05) is 31.2 Å². The van der Waals surface area contributed by atoms with Crippen LogP contribution in [0.2, 0.25) is 5.02 Å². The molecule has 0 bridgehead atoms. The van der Waals surface area contributed by atoms with Gasteiger partial charge in [-0.1, -0.05) is 36.7 Å². The van der Waals surface area contributed by atoms with Gasteiger partial charge in [0.1, 0.15) is 4.88 Å². The van der Waals surface area contributed by atoms with Crippen molar-refractivity contribution >= 4 is 54.6 Å². The van der Waals surface area contributed by atoms with Gasteiger partial charge in [0.2, 0.25) is 10.0 Å². The summed E-state index contributed by atoms with van der Waals surface area (Å²) >= 11 is 7.65. The van der Waals surface area contributed by atoms with Gasteiger partial charge in [-0.2, -0.15) is 0 Å². The maximum atomic E-state index is 12.6. The van der Waals surface area contributed by atoms with Crippen molar-refractivity contribution in [2.24, 2.45) is 0 Å². The fourth-order valence-corrected chi connectivity index (χ4v) is 5.22. The topological polar surface area (TPSA) is 75.3 Å². The highest BCUT2D eigenvalue weighted by molar-refractivity contribution is 7.89. The number of thiophene rings is 1. The average molecular weight is 423 g/mol. The number of carbonyl (C=O) groups excluding carboxylic acids is 1. The molecule has 1 atom stereocenters. The number of carbonyl (C=O) groups is 1. The zero-order chi connectivity index (χ0) is 19.6. The lowest BCUT2D eigenvalue weighted by Crippen LogP contribution is -2.31. The van der Waals surface area contributed by atoms with Gasteiger partial charge >= 0.3 is 0 Å². The molecule has 0 saturated heterocycles. The summed E-state index contributed by atoms with van der Waals surface area (Å²) in [6.45, 7) is 3.71. The Labute approximate surface area is 167 Å². The minimum absolute atomic E-state index is 0.149. The van der Waals surface area contributed by atoms with Gasteiger partial charge in [-0.25, -0.2) is 13.1 Å². The van der Waals surface area contributed by atoms with Gasteiger partial charge in [0.05, 0.1) is 9.92 Å². The van der Waals surface area contributed by atoms with Crippen LogP contribution in [0.1, 0.15) is 29.9 Å². The Morgan fingerprint density at radius 2 is 1.81 bits per heavy atom. The first-order valence-electron chi connectivity index (χ1n) is 8.42. The number of anilines is 1. The molecule has 3 aromatic rings. The Hall–Kier alpha value is -1.93. The van der Waals surface area contributed by atoms with E-state index in [0.717, 1.165) is 10.1 Å². The largest absolute Gasteiger partial charge is 0.321 e. The molecule has 0 aliphatic heterocycles. The van der Waals surface area contributed by atoms with E-state index in [0.29, 0.717) is 22.0 Å². The third-order valence-corrected chi connectivity index (χ3v) is 7.41. The fraction of sp³-hybridized carbons (Fsp3) is 0.211. The monoisotopic (exact) mass is 422 g/mol. The summed E-state index contributed by atoms with van der Waals surface area (Å²) in [5.74, 6) is -0.325. The molecule has 1 aromatic heterocycles. The van der Waals surface area contributed by atoms with E-state index < -0.39 is 10.0 Å². The molecule has 0 unspecified atom stereocenters. The first-order chi connectivity index (χ1) is 12.8. The number of sulfonamides is 1. The number of amides is 1. The number of nitrogens with one attached hydrogen (secondary N) is 2. The molecule has 3 rings (SSSR count). The van der Waals surface area contributed by atoms with Gasteiger partial charge in [0.15, 0.2) is 0 Å². The highest BCUT2D eigenvalue weighted by atomic mass is 35.5. The average Bonchev–Trinajstić information content (AvgIpc) is 2.99. The molecule has 0 spiro atoms. The summed E-state index contributed by atoms with van der Waals surface area (Å²) in [6, 6.07) is 13.4. The smallest absolute Gasteiger partial charge is 0.267 e. The van der Waals surface area contributed by atoms with Gasteiger partial charge in [0.25, 0.3) is 5.91 Å². The summed E-state index contributed by atoms with van der Waals surface area (Å²) in [6.07, 6.45) is 0.698. The van der Waals surface area contributed by atoms with Crippen LogP contribution in [0.4, 0.5) is 5.69 Å². The predicted octanol–water partition coefficient (Wildman–Crippen LogP) is 4.88. The second-order valence-electron chi connectivity index (χ2n) is 6.15. The van der Waals surface area contributed by atoms with Crippen molar-refractivity contribution in [2.45, 2.75) is 31.2 Å². The summed E-state index contributed by atoms with van der Waals surface area (Å²) in [4.78, 5) is 13.1. The third kappa shape index (κ3) is 4.32. The molecular weight excluding hydrogens is 404 g/mol. The maximum absolute atomic E-state index is 12.6. The van der Waals surface area contributed by atoms with E-state index in [2.05, 4.69) is 10.0 Å². The number of benzene rings is 2. The van der Waals surface area contributed by atoms with Gasteiger partial charge < -0.3 is 5.32 Å². The first-order valence-corrected chi connectivity index (χ1v) is 11.1. The second kappa shape index (κ2) is 7.98. The first kappa shape index (κ1) is 19.8. The quantitative estimate of drug-likeness (QED) is 0.594. The van der Waals surface area contributed by atoms with Gasteiger partial charge in [-0.15, -0.1) is 11.3 Å². The molecule has 0 radical (unpaired) electrons. The molecule has 0 fully saturated rings. The molecule has 1 amide bonds. The minimum atomic E-state index is -3.57. The number of fused-ring (bicyclic) bond motifs is 1. The van der Waals surface area contributed by atoms with Gasteiger partial charge in [-0.05, 0) is 43.7 Å².